The van der Waals surface area contributed by atoms with Gasteiger partial charge in [-0.25, -0.2) is 9.13 Å². The first kappa shape index (κ1) is 89.6. The van der Waals surface area contributed by atoms with Crippen LogP contribution in [0.2, 0.25) is 0 Å². The van der Waals surface area contributed by atoms with E-state index in [1.807, 2.05) is 18.2 Å². The summed E-state index contributed by atoms with van der Waals surface area (Å²) in [5, 5.41) is 20.6. The van der Waals surface area contributed by atoms with Crippen molar-refractivity contribution in [2.75, 3.05) is 39.6 Å². The van der Waals surface area contributed by atoms with Crippen molar-refractivity contribution in [2.24, 2.45) is 0 Å². The predicted octanol–water partition coefficient (Wildman–Crippen LogP) is 19.9. The third-order valence-electron chi connectivity index (χ3n) is 13.6. The van der Waals surface area contributed by atoms with E-state index < -0.39 is 91.5 Å². The van der Waals surface area contributed by atoms with Crippen LogP contribution in [-0.4, -0.2) is 95.9 Å². The zero-order valence-corrected chi connectivity index (χ0v) is 59.8. The molecule has 0 aromatic rings. The van der Waals surface area contributed by atoms with Gasteiger partial charge in [0.2, 0.25) is 0 Å². The van der Waals surface area contributed by atoms with Crippen LogP contribution in [0.25, 0.3) is 0 Å². The number of phosphoric ester groups is 2. The lowest BCUT2D eigenvalue weighted by molar-refractivity contribution is -0.161. The van der Waals surface area contributed by atoms with Crippen LogP contribution in [0.4, 0.5) is 0 Å². The molecule has 0 saturated heterocycles. The Hall–Kier alpha value is -5.35. The molecular weight excluding hydrogens is 1240 g/mol. The van der Waals surface area contributed by atoms with E-state index in [0.717, 1.165) is 141 Å². The first-order valence-electron chi connectivity index (χ1n) is 35.1. The molecule has 5 unspecified atom stereocenters. The highest BCUT2D eigenvalue weighted by Gasteiger charge is 2.29. The zero-order chi connectivity index (χ0) is 69.5. The van der Waals surface area contributed by atoms with Crippen molar-refractivity contribution in [3.8, 4) is 0 Å². The molecule has 18 heteroatoms. The lowest BCUT2D eigenvalue weighted by Crippen LogP contribution is -2.30. The van der Waals surface area contributed by atoms with Gasteiger partial charge in [0, 0.05) is 19.3 Å². The minimum Gasteiger partial charge on any atom is -0.463 e. The number of hydrogen-bond acceptors (Lipinski definition) is 14. The van der Waals surface area contributed by atoms with E-state index >= 15 is 0 Å². The van der Waals surface area contributed by atoms with Gasteiger partial charge in [0.05, 0.1) is 26.4 Å². The minimum atomic E-state index is -4.96. The summed E-state index contributed by atoms with van der Waals surface area (Å²) in [6, 6.07) is 0. The number of aliphatic hydroxyl groups is 2. The number of carbonyl (C=O) groups is 3. The van der Waals surface area contributed by atoms with E-state index in [4.69, 9.17) is 32.3 Å². The second kappa shape index (κ2) is 68.6. The van der Waals surface area contributed by atoms with Crippen LogP contribution in [0.3, 0.4) is 0 Å². The van der Waals surface area contributed by atoms with Gasteiger partial charge in [-0.2, -0.15) is 0 Å². The molecule has 536 valence electrons. The minimum absolute atomic E-state index is 0.0335. The summed E-state index contributed by atoms with van der Waals surface area (Å²) in [5.41, 5.74) is 0. The number of phosphoric acid groups is 2. The van der Waals surface area contributed by atoms with Crippen molar-refractivity contribution in [1.82, 2.24) is 0 Å². The molecule has 0 bridgehead atoms. The highest BCUT2D eigenvalue weighted by Crippen LogP contribution is 2.45. The number of unbranched alkanes of at least 4 members (excludes halogenated alkanes) is 11. The number of aliphatic hydroxyl groups excluding tert-OH is 2. The number of ether oxygens (including phenoxy) is 3. The second-order valence-electron chi connectivity index (χ2n) is 22.6. The molecule has 0 aliphatic carbocycles. The molecule has 0 amide bonds. The van der Waals surface area contributed by atoms with Gasteiger partial charge in [0.25, 0.3) is 0 Å². The lowest BCUT2D eigenvalue weighted by Gasteiger charge is -2.21. The van der Waals surface area contributed by atoms with Crippen LogP contribution in [0.5, 0.6) is 0 Å². The molecule has 0 radical (unpaired) electrons. The van der Waals surface area contributed by atoms with Crippen LogP contribution in [0, 0.1) is 0 Å². The second-order valence-corrected chi connectivity index (χ2v) is 25.5. The van der Waals surface area contributed by atoms with Crippen molar-refractivity contribution < 1.29 is 75.8 Å². The highest BCUT2D eigenvalue weighted by atomic mass is 31.2. The summed E-state index contributed by atoms with van der Waals surface area (Å²) in [6.45, 7) is 2.22. The third kappa shape index (κ3) is 69.8. The SMILES string of the molecule is CC/C=C\C/C=C\C/C=C\C/C=C\C/C=C\C/C=C\CCCCC(=O)OCC(O)COP(=O)(O)OCC(O)COP(=O)(O)OCC(COC(=O)CC/C=C\C/C=C\C/C=C\C/C=C\C/C=C\C/C=C\CC)OC(=O)CCCCCCCC/C=C\C/C=C\C/C=C\CCCCC. The lowest BCUT2D eigenvalue weighted by atomic mass is 10.1. The Bertz CT molecular complexity index is 2460. The van der Waals surface area contributed by atoms with Crippen LogP contribution in [0.15, 0.2) is 182 Å². The summed E-state index contributed by atoms with van der Waals surface area (Å²) in [5.74, 6) is -1.75. The number of allylic oxidation sites excluding steroid dienone is 30. The van der Waals surface area contributed by atoms with Gasteiger partial charge in [0.1, 0.15) is 25.4 Å². The van der Waals surface area contributed by atoms with Gasteiger partial charge in [-0.05, 0) is 148 Å². The van der Waals surface area contributed by atoms with E-state index in [2.05, 4.69) is 185 Å². The average molecular weight is 1370 g/mol. The summed E-state index contributed by atoms with van der Waals surface area (Å²) >= 11 is 0. The molecule has 0 rings (SSSR count). The number of hydrogen-bond donors (Lipinski definition) is 4. The summed E-state index contributed by atoms with van der Waals surface area (Å²) in [7, 11) is -9.84. The van der Waals surface area contributed by atoms with E-state index in [1.165, 1.54) is 19.3 Å². The molecule has 95 heavy (non-hydrogen) atoms. The third-order valence-corrected chi connectivity index (χ3v) is 15.5. The van der Waals surface area contributed by atoms with Crippen LogP contribution in [0.1, 0.15) is 226 Å². The molecule has 16 nitrogen and oxygen atoms in total. The maximum Gasteiger partial charge on any atom is 0.472 e. The van der Waals surface area contributed by atoms with E-state index in [-0.39, 0.29) is 19.3 Å². The van der Waals surface area contributed by atoms with Crippen molar-refractivity contribution in [2.45, 2.75) is 245 Å². The van der Waals surface area contributed by atoms with Crippen molar-refractivity contribution in [3.05, 3.63) is 182 Å². The average Bonchev–Trinajstić information content (AvgIpc) is 1.70. The monoisotopic (exact) mass is 1360 g/mol. The maximum absolute atomic E-state index is 13.0. The van der Waals surface area contributed by atoms with Gasteiger partial charge < -0.3 is 34.2 Å². The molecular formula is C77H122O16P2. The Labute approximate surface area is 573 Å². The fourth-order valence-corrected chi connectivity index (χ4v) is 9.89. The number of carbonyl (C=O) groups excluding carboxylic acids is 3. The molecule has 0 aromatic carbocycles. The van der Waals surface area contributed by atoms with E-state index in [0.29, 0.717) is 25.7 Å². The first-order valence-corrected chi connectivity index (χ1v) is 38.1. The maximum atomic E-state index is 13.0. The Morgan fingerprint density at radius 1 is 0.305 bits per heavy atom. The Morgan fingerprint density at radius 3 is 0.968 bits per heavy atom. The molecule has 0 fully saturated rings. The largest absolute Gasteiger partial charge is 0.472 e. The van der Waals surface area contributed by atoms with Crippen molar-refractivity contribution >= 4 is 33.6 Å². The standard InChI is InChI=1S/C77H122O16P2/c1-4-7-10-13-16-19-22-25-28-31-34-35-38-40-42-45-48-51-54-57-60-63-75(80)87-66-72(78)67-89-94(83,84)90-68-73(79)69-91-95(85,86)92-71-74(93-77(82)65-62-59-56-53-50-47-44-41-37-33-30-27-24-21-18-15-12-9-6-3)70-88-76(81)64-61-58-55-52-49-46-43-39-36-32-29-26-23-20-17-14-11-8-5-2/h7-8,10-11,16-21,25-30,34-37,39-42,46,48-49,51,55,58,72-74,78-79H,4-6,9,12-15,22-24,31-33,38,43-45,47,50,52-54,56-57,59-71H2,1-3H3,(H,83,84)(H,85,86)/b10-7-,11-8-,19-16-,20-17-,21-18-,28-25-,29-26-,30-27-,35-34-,39-36-,41-37-,42-40-,49-46-,51-48-,58-55-. The molecule has 0 saturated carbocycles. The Kier molecular flexibility index (Phi) is 64.7. The van der Waals surface area contributed by atoms with Gasteiger partial charge in [-0.15, -0.1) is 0 Å². The van der Waals surface area contributed by atoms with Crippen molar-refractivity contribution in [1.29, 1.82) is 0 Å². The summed E-state index contributed by atoms with van der Waals surface area (Å²) in [4.78, 5) is 58.4. The molecule has 5 atom stereocenters. The number of rotatable bonds is 64. The molecule has 0 heterocycles. The fraction of sp³-hybridized carbons (Fsp3) is 0.571. The molecule has 0 spiro atoms. The van der Waals surface area contributed by atoms with Crippen molar-refractivity contribution in [3.63, 3.8) is 0 Å². The zero-order valence-electron chi connectivity index (χ0n) is 58.0. The smallest absolute Gasteiger partial charge is 0.463 e. The molecule has 0 aliphatic rings. The Morgan fingerprint density at radius 2 is 0.579 bits per heavy atom. The van der Waals surface area contributed by atoms with E-state index in [1.54, 1.807) is 0 Å². The van der Waals surface area contributed by atoms with Gasteiger partial charge in [0.15, 0.2) is 6.10 Å². The molecule has 0 aliphatic heterocycles. The summed E-state index contributed by atoms with van der Waals surface area (Å²) in [6.07, 6.45) is 86.7. The molecule has 0 aromatic heterocycles. The summed E-state index contributed by atoms with van der Waals surface area (Å²) < 4.78 is 60.8. The Balaban J connectivity index is 4.85. The van der Waals surface area contributed by atoms with Gasteiger partial charge in [-0.3, -0.25) is 32.5 Å². The first-order chi connectivity index (χ1) is 46.2. The number of esters is 3. The topological polar surface area (TPSA) is 231 Å². The van der Waals surface area contributed by atoms with E-state index in [9.17, 15) is 43.5 Å². The predicted molar refractivity (Wildman–Crippen MR) is 389 cm³/mol. The fourth-order valence-electron chi connectivity index (χ4n) is 8.31. The van der Waals surface area contributed by atoms with Gasteiger partial charge >= 0.3 is 33.6 Å². The van der Waals surface area contributed by atoms with Crippen LogP contribution < -0.4 is 0 Å². The van der Waals surface area contributed by atoms with Crippen LogP contribution in [-0.2, 0) is 55.8 Å². The van der Waals surface area contributed by atoms with Gasteiger partial charge in [-0.1, -0.05) is 242 Å². The highest BCUT2D eigenvalue weighted by molar-refractivity contribution is 7.47. The molecule has 4 N–H and O–H groups in total. The quantitative estimate of drug-likeness (QED) is 0.0146. The van der Waals surface area contributed by atoms with Crippen LogP contribution >= 0.6 is 15.6 Å². The normalized spacial score (nSPS) is 15.2.